The summed E-state index contributed by atoms with van der Waals surface area (Å²) in [6.45, 7) is 3.81. The van der Waals surface area contributed by atoms with E-state index in [0.29, 0.717) is 6.42 Å². The Morgan fingerprint density at radius 1 is 1.42 bits per heavy atom. The Hall–Kier alpha value is -1.96. The second kappa shape index (κ2) is 6.51. The third-order valence-electron chi connectivity index (χ3n) is 3.77. The zero-order valence-electron chi connectivity index (χ0n) is 13.3. The number of hydrogen-bond acceptors (Lipinski definition) is 3. The van der Waals surface area contributed by atoms with Gasteiger partial charge in [0.2, 0.25) is 0 Å². The zero-order chi connectivity index (χ0) is 18.1. The Morgan fingerprint density at radius 3 is 2.62 bits per heavy atom. The third-order valence-corrected chi connectivity index (χ3v) is 3.77. The molecule has 1 aromatic rings. The molecule has 0 saturated carbocycles. The highest BCUT2D eigenvalue weighted by atomic mass is 19.4. The van der Waals surface area contributed by atoms with Gasteiger partial charge in [-0.15, -0.1) is 0 Å². The molecule has 0 bridgehead atoms. The molecule has 1 N–H and O–H groups in total. The molecule has 1 amide bonds. The average molecular weight is 346 g/mol. The maximum Gasteiger partial charge on any atom is 0.438 e. The summed E-state index contributed by atoms with van der Waals surface area (Å²) in [4.78, 5) is 12.3. The van der Waals surface area contributed by atoms with Crippen LogP contribution in [0.4, 0.5) is 17.6 Å². The number of hydrogen-bond donors (Lipinski definition) is 1. The van der Waals surface area contributed by atoms with Crippen LogP contribution in [-0.4, -0.2) is 33.6 Å². The van der Waals surface area contributed by atoms with Crippen LogP contribution in [0.5, 0.6) is 0 Å². The SMILES string of the molecule is CC(C)CCC1=NN(C(=O)c2cccc(F)c2)C(O)(C(F)(F)F)C1. The molecule has 1 atom stereocenters. The van der Waals surface area contributed by atoms with E-state index in [0.717, 1.165) is 12.1 Å². The van der Waals surface area contributed by atoms with Gasteiger partial charge in [-0.2, -0.15) is 23.3 Å². The molecule has 4 nitrogen and oxygen atoms in total. The van der Waals surface area contributed by atoms with E-state index in [-0.39, 0.29) is 28.6 Å². The van der Waals surface area contributed by atoms with Crippen LogP contribution in [0.1, 0.15) is 43.5 Å². The Kier molecular flexibility index (Phi) is 4.98. The van der Waals surface area contributed by atoms with Crippen LogP contribution in [0.3, 0.4) is 0 Å². The molecule has 0 spiro atoms. The molecule has 1 aromatic carbocycles. The Morgan fingerprint density at radius 2 is 2.08 bits per heavy atom. The van der Waals surface area contributed by atoms with Gasteiger partial charge in [-0.05, 0) is 37.0 Å². The minimum absolute atomic E-state index is 0.0252. The quantitative estimate of drug-likeness (QED) is 0.845. The monoisotopic (exact) mass is 346 g/mol. The zero-order valence-corrected chi connectivity index (χ0v) is 13.3. The molecule has 8 heteroatoms. The predicted octanol–water partition coefficient (Wildman–Crippen LogP) is 3.71. The Balaban J connectivity index is 2.35. The van der Waals surface area contributed by atoms with Crippen LogP contribution < -0.4 is 0 Å². The number of halogens is 4. The molecule has 2 rings (SSSR count). The van der Waals surface area contributed by atoms with E-state index < -0.39 is 30.0 Å². The molecule has 1 heterocycles. The molecule has 0 aliphatic carbocycles. The lowest BCUT2D eigenvalue weighted by Gasteiger charge is -2.32. The summed E-state index contributed by atoms with van der Waals surface area (Å²) in [5.74, 6) is -1.73. The van der Waals surface area contributed by atoms with Crippen molar-refractivity contribution in [3.05, 3.63) is 35.6 Å². The fraction of sp³-hybridized carbons (Fsp3) is 0.500. The number of amides is 1. The minimum Gasteiger partial charge on any atom is -0.362 e. The number of nitrogens with zero attached hydrogens (tertiary/aromatic N) is 2. The average Bonchev–Trinajstić information content (AvgIpc) is 2.82. The molecular weight excluding hydrogens is 328 g/mol. The second-order valence-electron chi connectivity index (χ2n) is 6.22. The smallest absolute Gasteiger partial charge is 0.362 e. The molecule has 24 heavy (non-hydrogen) atoms. The predicted molar refractivity (Wildman–Crippen MR) is 79.7 cm³/mol. The number of hydrazone groups is 1. The van der Waals surface area contributed by atoms with E-state index in [1.807, 2.05) is 13.8 Å². The Bertz CT molecular complexity index is 658. The number of aliphatic hydroxyl groups is 1. The molecule has 0 radical (unpaired) electrons. The first-order chi connectivity index (χ1) is 11.0. The lowest BCUT2D eigenvalue weighted by molar-refractivity contribution is -0.297. The van der Waals surface area contributed by atoms with Crippen molar-refractivity contribution in [2.24, 2.45) is 11.0 Å². The molecular formula is C16H18F4N2O2. The molecule has 1 unspecified atom stereocenters. The maximum atomic E-state index is 13.3. The summed E-state index contributed by atoms with van der Waals surface area (Å²) >= 11 is 0. The van der Waals surface area contributed by atoms with Crippen LogP contribution in [-0.2, 0) is 0 Å². The van der Waals surface area contributed by atoms with Crippen molar-refractivity contribution in [1.29, 1.82) is 0 Å². The van der Waals surface area contributed by atoms with Gasteiger partial charge in [-0.25, -0.2) is 4.39 Å². The second-order valence-corrected chi connectivity index (χ2v) is 6.22. The van der Waals surface area contributed by atoms with Crippen molar-refractivity contribution in [1.82, 2.24) is 5.01 Å². The van der Waals surface area contributed by atoms with Crippen LogP contribution in [0.25, 0.3) is 0 Å². The number of benzene rings is 1. The van der Waals surface area contributed by atoms with E-state index in [1.165, 1.54) is 12.1 Å². The van der Waals surface area contributed by atoms with Crippen molar-refractivity contribution < 1.29 is 27.5 Å². The summed E-state index contributed by atoms with van der Waals surface area (Å²) in [6.07, 6.45) is -5.07. The summed E-state index contributed by atoms with van der Waals surface area (Å²) < 4.78 is 53.2. The van der Waals surface area contributed by atoms with Gasteiger partial charge in [0.25, 0.3) is 11.6 Å². The van der Waals surface area contributed by atoms with Gasteiger partial charge in [0.05, 0.1) is 0 Å². The molecule has 0 aromatic heterocycles. The fourth-order valence-electron chi connectivity index (χ4n) is 2.39. The third kappa shape index (κ3) is 3.58. The van der Waals surface area contributed by atoms with Crippen LogP contribution in [0.2, 0.25) is 0 Å². The van der Waals surface area contributed by atoms with Crippen molar-refractivity contribution >= 4 is 11.6 Å². The van der Waals surface area contributed by atoms with Gasteiger partial charge >= 0.3 is 6.18 Å². The molecule has 1 aliphatic heterocycles. The van der Waals surface area contributed by atoms with Crippen LogP contribution in [0.15, 0.2) is 29.4 Å². The van der Waals surface area contributed by atoms with Crippen molar-refractivity contribution in [2.45, 2.75) is 45.0 Å². The number of rotatable bonds is 4. The van der Waals surface area contributed by atoms with Gasteiger partial charge in [0.1, 0.15) is 5.82 Å². The van der Waals surface area contributed by atoms with E-state index >= 15 is 0 Å². The first kappa shape index (κ1) is 18.4. The summed E-state index contributed by atoms with van der Waals surface area (Å²) in [6, 6.07) is 4.24. The topological polar surface area (TPSA) is 52.9 Å². The van der Waals surface area contributed by atoms with Crippen LogP contribution >= 0.6 is 0 Å². The van der Waals surface area contributed by atoms with Gasteiger partial charge < -0.3 is 5.11 Å². The highest BCUT2D eigenvalue weighted by molar-refractivity contribution is 5.98. The number of carbonyl (C=O) groups is 1. The molecule has 0 saturated heterocycles. The Labute approximate surface area is 136 Å². The highest BCUT2D eigenvalue weighted by Crippen LogP contribution is 2.41. The molecule has 1 aliphatic rings. The van der Waals surface area contributed by atoms with Crippen molar-refractivity contribution in [2.75, 3.05) is 0 Å². The van der Waals surface area contributed by atoms with Crippen molar-refractivity contribution in [3.63, 3.8) is 0 Å². The van der Waals surface area contributed by atoms with Crippen LogP contribution in [0, 0.1) is 11.7 Å². The summed E-state index contributed by atoms with van der Waals surface area (Å²) in [5.41, 5.74) is -3.64. The normalized spacial score (nSPS) is 21.3. The number of carbonyl (C=O) groups excluding carboxylic acids is 1. The standard InChI is InChI=1S/C16H18F4N2O2/c1-10(2)6-7-13-9-15(24,16(18,19)20)22(21-13)14(23)11-4-3-5-12(17)8-11/h3-5,8,10,24H,6-7,9H2,1-2H3. The highest BCUT2D eigenvalue weighted by Gasteiger charge is 2.63. The summed E-state index contributed by atoms with van der Waals surface area (Å²) in [5, 5.41) is 13.8. The minimum atomic E-state index is -5.08. The number of alkyl halides is 3. The van der Waals surface area contributed by atoms with Gasteiger partial charge in [0.15, 0.2) is 0 Å². The van der Waals surface area contributed by atoms with Crippen molar-refractivity contribution in [3.8, 4) is 0 Å². The first-order valence-corrected chi connectivity index (χ1v) is 7.50. The van der Waals surface area contributed by atoms with Gasteiger partial charge in [0, 0.05) is 17.7 Å². The summed E-state index contributed by atoms with van der Waals surface area (Å²) in [7, 11) is 0. The van der Waals surface area contributed by atoms with E-state index in [9.17, 15) is 27.5 Å². The largest absolute Gasteiger partial charge is 0.438 e. The lowest BCUT2D eigenvalue weighted by Crippen LogP contribution is -2.56. The lowest BCUT2D eigenvalue weighted by atomic mass is 9.99. The van der Waals surface area contributed by atoms with E-state index in [4.69, 9.17) is 0 Å². The maximum absolute atomic E-state index is 13.3. The molecule has 0 fully saturated rings. The van der Waals surface area contributed by atoms with E-state index in [1.54, 1.807) is 0 Å². The van der Waals surface area contributed by atoms with Gasteiger partial charge in [-0.1, -0.05) is 19.9 Å². The first-order valence-electron chi connectivity index (χ1n) is 7.50. The van der Waals surface area contributed by atoms with Gasteiger partial charge in [-0.3, -0.25) is 4.79 Å². The fourth-order valence-corrected chi connectivity index (χ4v) is 2.39. The molecule has 132 valence electrons. The van der Waals surface area contributed by atoms with E-state index in [2.05, 4.69) is 5.10 Å².